The molecular weight excluding hydrogens is 200 g/mol. The summed E-state index contributed by atoms with van der Waals surface area (Å²) in [6, 6.07) is 6.61. The van der Waals surface area contributed by atoms with Gasteiger partial charge in [0.25, 0.3) is 0 Å². The van der Waals surface area contributed by atoms with E-state index in [9.17, 15) is 0 Å². The molecule has 0 bridgehead atoms. The molecular formula is C13H16N2O. The average Bonchev–Trinajstić information content (AvgIpc) is 2.69. The van der Waals surface area contributed by atoms with E-state index < -0.39 is 0 Å². The molecule has 0 spiro atoms. The van der Waals surface area contributed by atoms with Gasteiger partial charge in [0.2, 0.25) is 0 Å². The van der Waals surface area contributed by atoms with Gasteiger partial charge in [0, 0.05) is 11.8 Å². The van der Waals surface area contributed by atoms with Crippen LogP contribution in [-0.2, 0) is 0 Å². The maximum atomic E-state index is 5.63. The predicted molar refractivity (Wildman–Crippen MR) is 63.1 cm³/mol. The van der Waals surface area contributed by atoms with E-state index in [2.05, 4.69) is 17.4 Å². The molecule has 0 aromatic heterocycles. The van der Waals surface area contributed by atoms with Gasteiger partial charge in [-0.15, -0.1) is 0 Å². The average molecular weight is 216 g/mol. The maximum absolute atomic E-state index is 5.63. The Bertz CT molecular complexity index is 521. The Labute approximate surface area is 94.8 Å². The molecule has 1 fully saturated rings. The van der Waals surface area contributed by atoms with Crippen molar-refractivity contribution in [2.24, 2.45) is 4.99 Å². The van der Waals surface area contributed by atoms with E-state index in [4.69, 9.17) is 9.73 Å². The number of fused-ring (bicyclic) bond motifs is 2. The van der Waals surface area contributed by atoms with Gasteiger partial charge in [0.15, 0.2) is 0 Å². The Hall–Kier alpha value is -1.35. The number of para-hydroxylation sites is 1. The van der Waals surface area contributed by atoms with Crippen LogP contribution in [0.4, 0.5) is 0 Å². The van der Waals surface area contributed by atoms with Gasteiger partial charge in [-0.1, -0.05) is 12.1 Å². The van der Waals surface area contributed by atoms with Crippen molar-refractivity contribution in [3.8, 4) is 5.75 Å². The molecule has 16 heavy (non-hydrogen) atoms. The Balaban J connectivity index is 2.19. The van der Waals surface area contributed by atoms with Crippen LogP contribution in [0.25, 0.3) is 5.57 Å². The van der Waals surface area contributed by atoms with Crippen molar-refractivity contribution in [3.63, 3.8) is 0 Å². The van der Waals surface area contributed by atoms with E-state index in [-0.39, 0.29) is 0 Å². The van der Waals surface area contributed by atoms with Crippen LogP contribution in [0, 0.1) is 0 Å². The Morgan fingerprint density at radius 3 is 3.31 bits per heavy atom. The second kappa shape index (κ2) is 3.91. The first-order chi connectivity index (χ1) is 7.90. The van der Waals surface area contributed by atoms with Crippen LogP contribution < -0.4 is 20.6 Å². The number of nitrogens with zero attached hydrogens (tertiary/aromatic N) is 1. The van der Waals surface area contributed by atoms with Gasteiger partial charge < -0.3 is 10.1 Å². The van der Waals surface area contributed by atoms with Gasteiger partial charge in [0.05, 0.1) is 12.6 Å². The summed E-state index contributed by atoms with van der Waals surface area (Å²) in [5.74, 6) is 0.932. The number of nitrogens with one attached hydrogen (secondary N) is 1. The number of benzene rings is 1. The van der Waals surface area contributed by atoms with Gasteiger partial charge >= 0.3 is 0 Å². The molecule has 0 aliphatic carbocycles. The Morgan fingerprint density at radius 1 is 1.50 bits per heavy atom. The summed E-state index contributed by atoms with van der Waals surface area (Å²) in [6.07, 6.45) is 1.11. The summed E-state index contributed by atoms with van der Waals surface area (Å²) in [5.41, 5.74) is 1.43. The fraction of sp³-hybridized carbons (Fsp3) is 0.462. The highest BCUT2D eigenvalue weighted by molar-refractivity contribution is 5.57. The summed E-state index contributed by atoms with van der Waals surface area (Å²) in [5, 5.41) is 5.75. The number of rotatable bonds is 2. The second-order valence-electron chi connectivity index (χ2n) is 4.22. The van der Waals surface area contributed by atoms with Crippen molar-refractivity contribution in [3.05, 3.63) is 28.8 Å². The van der Waals surface area contributed by atoms with Crippen LogP contribution in [-0.4, -0.2) is 25.7 Å². The standard InChI is InChI=1S/C13H16N2O/c1-2-16-12-5-3-4-9-10-8-14-7-6-11(10)15-13(9)12/h3-5,11,14H,2,6-8H2,1H3. The van der Waals surface area contributed by atoms with Crippen LogP contribution in [0.15, 0.2) is 23.2 Å². The largest absolute Gasteiger partial charge is 0.492 e. The minimum Gasteiger partial charge on any atom is -0.492 e. The monoisotopic (exact) mass is 216 g/mol. The van der Waals surface area contributed by atoms with Crippen LogP contribution in [0.3, 0.4) is 0 Å². The molecule has 0 saturated carbocycles. The molecule has 1 unspecified atom stereocenters. The number of hydrogen-bond donors (Lipinski definition) is 1. The zero-order valence-electron chi connectivity index (χ0n) is 9.49. The van der Waals surface area contributed by atoms with Crippen LogP contribution in [0.2, 0.25) is 0 Å². The normalized spacial score (nSPS) is 22.3. The first-order valence-corrected chi connectivity index (χ1v) is 5.93. The summed E-state index contributed by atoms with van der Waals surface area (Å²) < 4.78 is 5.63. The summed E-state index contributed by atoms with van der Waals surface area (Å²) >= 11 is 0. The lowest BCUT2D eigenvalue weighted by Crippen LogP contribution is -2.34. The van der Waals surface area contributed by atoms with Gasteiger partial charge in [-0.2, -0.15) is 0 Å². The SMILES string of the molecule is CCOc1cccc2c1=NC1CCNCC=21. The van der Waals surface area contributed by atoms with Crippen molar-refractivity contribution >= 4 is 5.57 Å². The maximum Gasteiger partial charge on any atom is 0.145 e. The van der Waals surface area contributed by atoms with Crippen molar-refractivity contribution in [2.45, 2.75) is 19.4 Å². The number of ether oxygens (including phenoxy) is 1. The molecule has 1 saturated heterocycles. The Morgan fingerprint density at radius 2 is 2.44 bits per heavy atom. The van der Waals surface area contributed by atoms with Gasteiger partial charge in [-0.3, -0.25) is 4.99 Å². The van der Waals surface area contributed by atoms with Crippen LogP contribution >= 0.6 is 0 Å². The third-order valence-electron chi connectivity index (χ3n) is 3.24. The molecule has 1 aromatic carbocycles. The molecule has 3 rings (SSSR count). The smallest absolute Gasteiger partial charge is 0.145 e. The predicted octanol–water partition coefficient (Wildman–Crippen LogP) is 0.231. The summed E-state index contributed by atoms with van der Waals surface area (Å²) in [7, 11) is 0. The van der Waals surface area contributed by atoms with E-state index in [0.29, 0.717) is 12.6 Å². The molecule has 0 amide bonds. The van der Waals surface area contributed by atoms with E-state index in [1.165, 1.54) is 10.8 Å². The van der Waals surface area contributed by atoms with E-state index >= 15 is 0 Å². The Kier molecular flexibility index (Phi) is 2.40. The van der Waals surface area contributed by atoms with Crippen LogP contribution in [0.5, 0.6) is 5.75 Å². The van der Waals surface area contributed by atoms with Gasteiger partial charge in [0.1, 0.15) is 11.1 Å². The highest BCUT2D eigenvalue weighted by Gasteiger charge is 2.23. The molecule has 3 nitrogen and oxygen atoms in total. The van der Waals surface area contributed by atoms with E-state index in [1.807, 2.05) is 13.0 Å². The zero-order chi connectivity index (χ0) is 11.0. The molecule has 84 valence electrons. The molecule has 2 aliphatic rings. The molecule has 1 atom stereocenters. The van der Waals surface area contributed by atoms with E-state index in [0.717, 1.165) is 30.6 Å². The fourth-order valence-electron chi connectivity index (χ4n) is 2.51. The topological polar surface area (TPSA) is 33.6 Å². The fourth-order valence-corrected chi connectivity index (χ4v) is 2.51. The lowest BCUT2D eigenvalue weighted by atomic mass is 10.0. The lowest BCUT2D eigenvalue weighted by molar-refractivity contribution is 0.335. The summed E-state index contributed by atoms with van der Waals surface area (Å²) in [4.78, 5) is 4.79. The third-order valence-corrected chi connectivity index (χ3v) is 3.24. The molecule has 2 aliphatic heterocycles. The summed E-state index contributed by atoms with van der Waals surface area (Å²) in [6.45, 7) is 4.74. The first kappa shape index (κ1) is 9.85. The minimum atomic E-state index is 0.387. The van der Waals surface area contributed by atoms with E-state index in [1.54, 1.807) is 0 Å². The van der Waals surface area contributed by atoms with Gasteiger partial charge in [-0.25, -0.2) is 0 Å². The number of hydrogen-bond acceptors (Lipinski definition) is 3. The first-order valence-electron chi connectivity index (χ1n) is 5.93. The highest BCUT2D eigenvalue weighted by Crippen LogP contribution is 2.17. The quantitative estimate of drug-likeness (QED) is 0.768. The highest BCUT2D eigenvalue weighted by atomic mass is 16.5. The molecule has 1 aromatic rings. The molecule has 1 N–H and O–H groups in total. The van der Waals surface area contributed by atoms with Crippen molar-refractivity contribution < 1.29 is 4.74 Å². The van der Waals surface area contributed by atoms with Crippen LogP contribution in [0.1, 0.15) is 13.3 Å². The van der Waals surface area contributed by atoms with Crippen molar-refractivity contribution in [1.82, 2.24) is 5.32 Å². The second-order valence-corrected chi connectivity index (χ2v) is 4.22. The third kappa shape index (κ3) is 1.43. The molecule has 0 radical (unpaired) electrons. The zero-order valence-corrected chi connectivity index (χ0v) is 9.49. The van der Waals surface area contributed by atoms with Crippen molar-refractivity contribution in [1.29, 1.82) is 0 Å². The van der Waals surface area contributed by atoms with Gasteiger partial charge in [-0.05, 0) is 31.5 Å². The molecule has 2 heterocycles. The van der Waals surface area contributed by atoms with Crippen molar-refractivity contribution in [2.75, 3.05) is 19.7 Å². The molecule has 3 heteroatoms. The lowest BCUT2D eigenvalue weighted by Gasteiger charge is -2.19. The minimum absolute atomic E-state index is 0.387. The number of piperidine rings is 1.